The number of para-hydroxylation sites is 1. The molecule has 1 amide bonds. The zero-order valence-corrected chi connectivity index (χ0v) is 14.5. The lowest BCUT2D eigenvalue weighted by Gasteiger charge is -2.27. The largest absolute Gasteiger partial charge is 0.324 e. The third-order valence-corrected chi connectivity index (χ3v) is 4.96. The standard InChI is InChI=1S/C20H27N3O/c1-2-16(10-13-23-11-6-3-7-12-23)20(24)22-18-14-17-8-4-5-9-19(17)21-15-18/h4-5,8-9,14-16H,2-3,6-7,10-13H2,1H3,(H,22,24). The summed E-state index contributed by atoms with van der Waals surface area (Å²) in [5.74, 6) is 0.185. The number of anilines is 1. The number of hydrogen-bond donors (Lipinski definition) is 1. The van der Waals surface area contributed by atoms with Crippen LogP contribution in [-0.4, -0.2) is 35.4 Å². The number of amides is 1. The van der Waals surface area contributed by atoms with Crippen LogP contribution in [0, 0.1) is 5.92 Å². The van der Waals surface area contributed by atoms with Gasteiger partial charge in [0.05, 0.1) is 17.4 Å². The van der Waals surface area contributed by atoms with Gasteiger partial charge in [0.25, 0.3) is 0 Å². The number of nitrogens with zero attached hydrogens (tertiary/aromatic N) is 2. The lowest BCUT2D eigenvalue weighted by atomic mass is 10.00. The highest BCUT2D eigenvalue weighted by Gasteiger charge is 2.19. The van der Waals surface area contributed by atoms with Gasteiger partial charge in [0.2, 0.25) is 5.91 Å². The number of fused-ring (bicyclic) bond motifs is 1. The minimum absolute atomic E-state index is 0.0680. The van der Waals surface area contributed by atoms with Crippen molar-refractivity contribution < 1.29 is 4.79 Å². The molecule has 1 fully saturated rings. The van der Waals surface area contributed by atoms with E-state index in [0.717, 1.165) is 36.0 Å². The third kappa shape index (κ3) is 4.32. The van der Waals surface area contributed by atoms with Crippen LogP contribution in [0.2, 0.25) is 0 Å². The highest BCUT2D eigenvalue weighted by molar-refractivity contribution is 5.94. The molecule has 1 aromatic carbocycles. The molecule has 0 aliphatic carbocycles. The number of nitrogens with one attached hydrogen (secondary N) is 1. The molecule has 0 bridgehead atoms. The fourth-order valence-corrected chi connectivity index (χ4v) is 3.43. The van der Waals surface area contributed by atoms with Gasteiger partial charge in [0.1, 0.15) is 0 Å². The van der Waals surface area contributed by atoms with Gasteiger partial charge in [-0.1, -0.05) is 31.5 Å². The zero-order valence-electron chi connectivity index (χ0n) is 14.5. The molecule has 4 heteroatoms. The van der Waals surface area contributed by atoms with Crippen LogP contribution in [0.3, 0.4) is 0 Å². The second-order valence-electron chi connectivity index (χ2n) is 6.70. The minimum atomic E-state index is 0.0680. The van der Waals surface area contributed by atoms with Gasteiger partial charge in [-0.3, -0.25) is 9.78 Å². The van der Waals surface area contributed by atoms with Crippen LogP contribution in [0.25, 0.3) is 10.9 Å². The summed E-state index contributed by atoms with van der Waals surface area (Å²) in [6.45, 7) is 5.50. The fraction of sp³-hybridized carbons (Fsp3) is 0.500. The van der Waals surface area contributed by atoms with Gasteiger partial charge >= 0.3 is 0 Å². The molecule has 2 aromatic rings. The number of likely N-dealkylation sites (tertiary alicyclic amines) is 1. The minimum Gasteiger partial charge on any atom is -0.324 e. The van der Waals surface area contributed by atoms with E-state index in [0.29, 0.717) is 0 Å². The Morgan fingerprint density at radius 2 is 2.04 bits per heavy atom. The number of carbonyl (C=O) groups is 1. The number of rotatable bonds is 6. The summed E-state index contributed by atoms with van der Waals surface area (Å²) in [4.78, 5) is 19.5. The normalized spacial score (nSPS) is 16.9. The Kier molecular flexibility index (Phi) is 5.81. The van der Waals surface area contributed by atoms with Gasteiger partial charge in [0.15, 0.2) is 0 Å². The van der Waals surface area contributed by atoms with E-state index >= 15 is 0 Å². The van der Waals surface area contributed by atoms with Crippen LogP contribution in [0.4, 0.5) is 5.69 Å². The second-order valence-corrected chi connectivity index (χ2v) is 6.70. The number of carbonyl (C=O) groups excluding carboxylic acids is 1. The van der Waals surface area contributed by atoms with Gasteiger partial charge in [-0.2, -0.15) is 0 Å². The average Bonchev–Trinajstić information content (AvgIpc) is 2.63. The summed E-state index contributed by atoms with van der Waals surface area (Å²) in [7, 11) is 0. The van der Waals surface area contributed by atoms with Crippen LogP contribution >= 0.6 is 0 Å². The predicted molar refractivity (Wildman–Crippen MR) is 99.1 cm³/mol. The third-order valence-electron chi connectivity index (χ3n) is 4.96. The summed E-state index contributed by atoms with van der Waals surface area (Å²) in [5.41, 5.74) is 1.74. The molecule has 1 aliphatic heterocycles. The molecule has 4 nitrogen and oxygen atoms in total. The van der Waals surface area contributed by atoms with Gasteiger partial charge < -0.3 is 10.2 Å². The molecular weight excluding hydrogens is 298 g/mol. The predicted octanol–water partition coefficient (Wildman–Crippen LogP) is 4.08. The van der Waals surface area contributed by atoms with Crippen LogP contribution in [-0.2, 0) is 4.79 Å². The Hall–Kier alpha value is -1.94. The van der Waals surface area contributed by atoms with Gasteiger partial charge in [-0.05, 0) is 57.5 Å². The van der Waals surface area contributed by atoms with Crippen LogP contribution in [0.1, 0.15) is 39.0 Å². The van der Waals surface area contributed by atoms with E-state index in [-0.39, 0.29) is 11.8 Å². The molecule has 0 radical (unpaired) electrons. The van der Waals surface area contributed by atoms with Crippen LogP contribution in [0.15, 0.2) is 36.5 Å². The first-order chi connectivity index (χ1) is 11.8. The van der Waals surface area contributed by atoms with E-state index in [9.17, 15) is 4.79 Å². The van der Waals surface area contributed by atoms with E-state index in [4.69, 9.17) is 0 Å². The first-order valence-corrected chi connectivity index (χ1v) is 9.14. The quantitative estimate of drug-likeness (QED) is 0.870. The van der Waals surface area contributed by atoms with Crippen molar-refractivity contribution in [2.45, 2.75) is 39.0 Å². The highest BCUT2D eigenvalue weighted by Crippen LogP contribution is 2.19. The van der Waals surface area contributed by atoms with E-state index in [2.05, 4.69) is 22.1 Å². The Balaban J connectivity index is 1.58. The summed E-state index contributed by atoms with van der Waals surface area (Å²) in [6, 6.07) is 9.96. The molecule has 1 N–H and O–H groups in total. The molecule has 0 saturated carbocycles. The number of aromatic nitrogens is 1. The van der Waals surface area contributed by atoms with Crippen molar-refractivity contribution in [3.8, 4) is 0 Å². The van der Waals surface area contributed by atoms with Crippen molar-refractivity contribution in [2.75, 3.05) is 25.0 Å². The zero-order chi connectivity index (χ0) is 16.8. The molecule has 1 saturated heterocycles. The Morgan fingerprint density at radius 3 is 2.83 bits per heavy atom. The number of hydrogen-bond acceptors (Lipinski definition) is 3. The van der Waals surface area contributed by atoms with Crippen LogP contribution in [0.5, 0.6) is 0 Å². The molecule has 1 unspecified atom stereocenters. The molecule has 2 heterocycles. The van der Waals surface area contributed by atoms with Gasteiger partial charge in [0, 0.05) is 11.3 Å². The van der Waals surface area contributed by atoms with Crippen molar-refractivity contribution >= 4 is 22.5 Å². The topological polar surface area (TPSA) is 45.2 Å². The molecular formula is C20H27N3O. The van der Waals surface area contributed by atoms with Crippen molar-refractivity contribution in [3.63, 3.8) is 0 Å². The Morgan fingerprint density at radius 1 is 1.25 bits per heavy atom. The van der Waals surface area contributed by atoms with Crippen molar-refractivity contribution in [1.29, 1.82) is 0 Å². The number of benzene rings is 1. The molecule has 3 rings (SSSR count). The Bertz CT molecular complexity index is 679. The van der Waals surface area contributed by atoms with Crippen molar-refractivity contribution in [2.24, 2.45) is 5.92 Å². The summed E-state index contributed by atoms with van der Waals surface area (Å²) < 4.78 is 0. The molecule has 128 valence electrons. The molecule has 24 heavy (non-hydrogen) atoms. The lowest BCUT2D eigenvalue weighted by molar-refractivity contribution is -0.120. The summed E-state index contributed by atoms with van der Waals surface area (Å²) in [5, 5.41) is 4.11. The first-order valence-electron chi connectivity index (χ1n) is 9.14. The fourth-order valence-electron chi connectivity index (χ4n) is 3.43. The molecule has 1 atom stereocenters. The van der Waals surface area contributed by atoms with Crippen molar-refractivity contribution in [3.05, 3.63) is 36.5 Å². The molecule has 1 aliphatic rings. The Labute approximate surface area is 144 Å². The van der Waals surface area contributed by atoms with E-state index in [1.807, 2.05) is 30.3 Å². The maximum Gasteiger partial charge on any atom is 0.227 e. The van der Waals surface area contributed by atoms with E-state index < -0.39 is 0 Å². The van der Waals surface area contributed by atoms with Crippen molar-refractivity contribution in [1.82, 2.24) is 9.88 Å². The van der Waals surface area contributed by atoms with Crippen LogP contribution < -0.4 is 5.32 Å². The van der Waals surface area contributed by atoms with E-state index in [1.165, 1.54) is 32.4 Å². The maximum atomic E-state index is 12.6. The molecule has 0 spiro atoms. The number of piperidine rings is 1. The summed E-state index contributed by atoms with van der Waals surface area (Å²) in [6.07, 6.45) is 7.50. The average molecular weight is 325 g/mol. The van der Waals surface area contributed by atoms with Gasteiger partial charge in [-0.25, -0.2) is 0 Å². The highest BCUT2D eigenvalue weighted by atomic mass is 16.1. The SMILES string of the molecule is CCC(CCN1CCCCC1)C(=O)Nc1cnc2ccccc2c1. The van der Waals surface area contributed by atoms with Gasteiger partial charge in [-0.15, -0.1) is 0 Å². The monoisotopic (exact) mass is 325 g/mol. The number of pyridine rings is 1. The second kappa shape index (κ2) is 8.25. The molecule has 1 aromatic heterocycles. The summed E-state index contributed by atoms with van der Waals surface area (Å²) >= 11 is 0. The maximum absolute atomic E-state index is 12.6. The smallest absolute Gasteiger partial charge is 0.227 e. The van der Waals surface area contributed by atoms with E-state index in [1.54, 1.807) is 6.20 Å². The lowest BCUT2D eigenvalue weighted by Crippen LogP contribution is -2.33. The first kappa shape index (κ1) is 16.9.